The van der Waals surface area contributed by atoms with Crippen molar-refractivity contribution in [1.82, 2.24) is 9.55 Å². The Balaban J connectivity index is 2.54. The normalized spacial score (nSPS) is 10.1. The quantitative estimate of drug-likeness (QED) is 0.593. The first kappa shape index (κ1) is 8.62. The van der Waals surface area contributed by atoms with Crippen LogP contribution in [0.5, 0.6) is 0 Å². The van der Waals surface area contributed by atoms with E-state index in [1.165, 1.54) is 4.57 Å². The Hall–Kier alpha value is -1.97. The van der Waals surface area contributed by atoms with Gasteiger partial charge in [-0.3, -0.25) is 4.57 Å². The lowest BCUT2D eigenvalue weighted by Crippen LogP contribution is -2.34. The standard InChI is InChI=1S/C10H10N3O/c1-12-8-5-9(11-10(12)14)13-6-3-2-4-7-13/h2-8H,1H3/q+1. The van der Waals surface area contributed by atoms with E-state index in [0.717, 1.165) is 0 Å². The van der Waals surface area contributed by atoms with E-state index in [-0.39, 0.29) is 5.69 Å². The molecule has 0 bridgehead atoms. The van der Waals surface area contributed by atoms with Gasteiger partial charge in [-0.25, -0.2) is 9.36 Å². The molecule has 2 aromatic heterocycles. The minimum atomic E-state index is -0.251. The van der Waals surface area contributed by atoms with Gasteiger partial charge >= 0.3 is 11.5 Å². The molecule has 0 aliphatic rings. The summed E-state index contributed by atoms with van der Waals surface area (Å²) in [6.45, 7) is 0. The predicted octanol–water partition coefficient (Wildman–Crippen LogP) is 0.0570. The number of rotatable bonds is 1. The van der Waals surface area contributed by atoms with E-state index in [1.54, 1.807) is 23.9 Å². The second-order valence-corrected chi connectivity index (χ2v) is 2.96. The van der Waals surface area contributed by atoms with E-state index in [9.17, 15) is 4.79 Å². The van der Waals surface area contributed by atoms with Crippen LogP contribution in [0.3, 0.4) is 0 Å². The number of hydrogen-bond donors (Lipinski definition) is 0. The van der Waals surface area contributed by atoms with Gasteiger partial charge in [-0.05, 0) is 12.1 Å². The van der Waals surface area contributed by atoms with Gasteiger partial charge in [0.05, 0.1) is 12.4 Å². The van der Waals surface area contributed by atoms with Crippen molar-refractivity contribution in [1.29, 1.82) is 0 Å². The van der Waals surface area contributed by atoms with Gasteiger partial charge in [0.25, 0.3) is 0 Å². The third kappa shape index (κ3) is 1.54. The van der Waals surface area contributed by atoms with Gasteiger partial charge in [-0.15, -0.1) is 0 Å². The second kappa shape index (κ2) is 3.41. The summed E-state index contributed by atoms with van der Waals surface area (Å²) in [5.41, 5.74) is -0.251. The van der Waals surface area contributed by atoms with Crippen molar-refractivity contribution in [2.45, 2.75) is 0 Å². The van der Waals surface area contributed by atoms with E-state index in [2.05, 4.69) is 4.98 Å². The summed E-state index contributed by atoms with van der Waals surface area (Å²) < 4.78 is 3.23. The van der Waals surface area contributed by atoms with Gasteiger partial charge in [0.1, 0.15) is 0 Å². The van der Waals surface area contributed by atoms with Gasteiger partial charge < -0.3 is 0 Å². The fourth-order valence-corrected chi connectivity index (χ4v) is 1.15. The number of aromatic nitrogens is 3. The van der Waals surface area contributed by atoms with E-state index >= 15 is 0 Å². The molecule has 0 radical (unpaired) electrons. The average molecular weight is 188 g/mol. The Bertz CT molecular complexity index is 490. The zero-order chi connectivity index (χ0) is 9.97. The molecule has 0 fully saturated rings. The third-order valence-electron chi connectivity index (χ3n) is 1.94. The minimum absolute atomic E-state index is 0.251. The van der Waals surface area contributed by atoms with Crippen LogP contribution >= 0.6 is 0 Å². The Morgan fingerprint density at radius 1 is 1.29 bits per heavy atom. The van der Waals surface area contributed by atoms with Gasteiger partial charge in [0.2, 0.25) is 0 Å². The molecule has 4 heteroatoms. The molecule has 2 rings (SSSR count). The molecule has 4 nitrogen and oxygen atoms in total. The fourth-order valence-electron chi connectivity index (χ4n) is 1.15. The Kier molecular flexibility index (Phi) is 2.10. The second-order valence-electron chi connectivity index (χ2n) is 2.96. The maximum atomic E-state index is 11.3. The Morgan fingerprint density at radius 3 is 2.64 bits per heavy atom. The van der Waals surface area contributed by atoms with E-state index in [4.69, 9.17) is 0 Å². The molecule has 0 N–H and O–H groups in total. The predicted molar refractivity (Wildman–Crippen MR) is 51.0 cm³/mol. The van der Waals surface area contributed by atoms with Crippen molar-refractivity contribution in [2.24, 2.45) is 7.05 Å². The first-order valence-corrected chi connectivity index (χ1v) is 4.28. The summed E-state index contributed by atoms with van der Waals surface area (Å²) in [6, 6.07) is 7.48. The molecule has 2 aromatic rings. The fraction of sp³-hybridized carbons (Fsp3) is 0.100. The highest BCUT2D eigenvalue weighted by molar-refractivity contribution is 5.06. The van der Waals surface area contributed by atoms with Crippen molar-refractivity contribution in [2.75, 3.05) is 0 Å². The van der Waals surface area contributed by atoms with Crippen LogP contribution < -0.4 is 10.3 Å². The summed E-state index contributed by atoms with van der Waals surface area (Å²) in [5.74, 6) is 0.633. The Labute approximate surface area is 81.1 Å². The number of hydrogen-bond acceptors (Lipinski definition) is 2. The summed E-state index contributed by atoms with van der Waals surface area (Å²) in [7, 11) is 1.68. The lowest BCUT2D eigenvalue weighted by atomic mass is 10.4. The molecule has 0 unspecified atom stereocenters. The maximum Gasteiger partial charge on any atom is 0.457 e. The molecule has 0 spiro atoms. The van der Waals surface area contributed by atoms with E-state index in [1.807, 2.05) is 30.6 Å². The highest BCUT2D eigenvalue weighted by Crippen LogP contribution is 1.88. The van der Waals surface area contributed by atoms with Crippen LogP contribution in [-0.2, 0) is 7.05 Å². The Morgan fingerprint density at radius 2 is 2.00 bits per heavy atom. The lowest BCUT2D eigenvalue weighted by molar-refractivity contribution is -0.599. The highest BCUT2D eigenvalue weighted by atomic mass is 16.1. The van der Waals surface area contributed by atoms with Crippen LogP contribution in [0.2, 0.25) is 0 Å². The average Bonchev–Trinajstić information content (AvgIpc) is 2.23. The van der Waals surface area contributed by atoms with E-state index in [0.29, 0.717) is 5.82 Å². The number of aryl methyl sites for hydroxylation is 1. The molecule has 0 amide bonds. The maximum absolute atomic E-state index is 11.3. The molecular weight excluding hydrogens is 178 g/mol. The van der Waals surface area contributed by atoms with Gasteiger partial charge in [-0.1, -0.05) is 6.07 Å². The molecule has 0 saturated carbocycles. The zero-order valence-electron chi connectivity index (χ0n) is 7.79. The molecule has 0 aromatic carbocycles. The van der Waals surface area contributed by atoms with Crippen molar-refractivity contribution in [3.63, 3.8) is 0 Å². The van der Waals surface area contributed by atoms with Crippen LogP contribution in [0.1, 0.15) is 0 Å². The molecule has 0 saturated heterocycles. The van der Waals surface area contributed by atoms with Gasteiger partial charge in [-0.2, -0.15) is 0 Å². The molecule has 0 aliphatic carbocycles. The zero-order valence-corrected chi connectivity index (χ0v) is 7.79. The van der Waals surface area contributed by atoms with Crippen LogP contribution in [-0.4, -0.2) is 9.55 Å². The molecule has 0 aliphatic heterocycles. The van der Waals surface area contributed by atoms with Gasteiger partial charge in [0.15, 0.2) is 0 Å². The van der Waals surface area contributed by atoms with Crippen LogP contribution in [0.4, 0.5) is 0 Å². The summed E-state index contributed by atoms with van der Waals surface area (Å²) in [4.78, 5) is 15.2. The first-order valence-electron chi connectivity index (χ1n) is 4.28. The molecule has 70 valence electrons. The van der Waals surface area contributed by atoms with Crippen molar-refractivity contribution < 1.29 is 4.57 Å². The minimum Gasteiger partial charge on any atom is -0.280 e. The van der Waals surface area contributed by atoms with E-state index < -0.39 is 0 Å². The van der Waals surface area contributed by atoms with Crippen LogP contribution in [0.25, 0.3) is 5.82 Å². The van der Waals surface area contributed by atoms with Crippen molar-refractivity contribution >= 4 is 0 Å². The monoisotopic (exact) mass is 188 g/mol. The molecule has 0 atom stereocenters. The smallest absolute Gasteiger partial charge is 0.280 e. The SMILES string of the molecule is Cn1ccc(-[n+]2ccccc2)nc1=O. The topological polar surface area (TPSA) is 38.8 Å². The molecular formula is C10H10N3O+. The highest BCUT2D eigenvalue weighted by Gasteiger charge is 2.08. The lowest BCUT2D eigenvalue weighted by Gasteiger charge is -1.94. The first-order chi connectivity index (χ1) is 6.77. The van der Waals surface area contributed by atoms with Crippen LogP contribution in [0.15, 0.2) is 47.7 Å². The van der Waals surface area contributed by atoms with Crippen molar-refractivity contribution in [3.8, 4) is 5.82 Å². The van der Waals surface area contributed by atoms with Crippen LogP contribution in [0, 0.1) is 0 Å². The van der Waals surface area contributed by atoms with Crippen molar-refractivity contribution in [3.05, 3.63) is 53.3 Å². The summed E-state index contributed by atoms with van der Waals surface area (Å²) in [5, 5.41) is 0. The largest absolute Gasteiger partial charge is 0.457 e. The third-order valence-corrected chi connectivity index (χ3v) is 1.94. The molecule has 2 heterocycles. The number of nitrogens with zero attached hydrogens (tertiary/aromatic N) is 3. The summed E-state index contributed by atoms with van der Waals surface area (Å²) in [6.07, 6.45) is 5.40. The van der Waals surface area contributed by atoms with Gasteiger partial charge in [0, 0.05) is 24.3 Å². The summed E-state index contributed by atoms with van der Waals surface area (Å²) >= 11 is 0. The number of pyridine rings is 1. The molecule has 14 heavy (non-hydrogen) atoms.